The minimum absolute atomic E-state index is 0.693. The van der Waals surface area contributed by atoms with Gasteiger partial charge in [-0.1, -0.05) is 18.2 Å². The fourth-order valence-electron chi connectivity index (χ4n) is 2.42. The quantitative estimate of drug-likeness (QED) is 0.701. The first kappa shape index (κ1) is 14.3. The lowest BCUT2D eigenvalue weighted by Crippen LogP contribution is -1.95. The Balaban J connectivity index is 1.56. The van der Waals surface area contributed by atoms with E-state index < -0.39 is 0 Å². The van der Waals surface area contributed by atoms with Crippen LogP contribution in [0, 0.1) is 0 Å². The van der Waals surface area contributed by atoms with Crippen LogP contribution in [0.4, 0.5) is 0 Å². The number of nitrogens with one attached hydrogen (secondary N) is 2. The summed E-state index contributed by atoms with van der Waals surface area (Å²) in [6.07, 6.45) is 7.31. The summed E-state index contributed by atoms with van der Waals surface area (Å²) in [6, 6.07) is 7.96. The first-order chi connectivity index (χ1) is 10.8. The van der Waals surface area contributed by atoms with Crippen LogP contribution in [0.3, 0.4) is 0 Å². The second-order valence-electron chi connectivity index (χ2n) is 5.15. The van der Waals surface area contributed by atoms with Gasteiger partial charge in [-0.2, -0.15) is 10.2 Å². The average molecular weight is 297 g/mol. The number of ether oxygens (including phenoxy) is 1. The highest BCUT2D eigenvalue weighted by Crippen LogP contribution is 2.19. The summed E-state index contributed by atoms with van der Waals surface area (Å²) in [5.74, 6) is 2.59. The smallest absolute Gasteiger partial charge is 0.150 e. The van der Waals surface area contributed by atoms with Crippen LogP contribution in [0.15, 0.2) is 36.7 Å². The summed E-state index contributed by atoms with van der Waals surface area (Å²) in [6.45, 7) is 0. The topological polar surface area (TPSA) is 79.5 Å². The zero-order valence-electron chi connectivity index (χ0n) is 12.5. The van der Waals surface area contributed by atoms with E-state index >= 15 is 0 Å². The van der Waals surface area contributed by atoms with Crippen molar-refractivity contribution in [2.24, 2.45) is 0 Å². The zero-order valence-corrected chi connectivity index (χ0v) is 12.5. The number of aromatic amines is 2. The van der Waals surface area contributed by atoms with Gasteiger partial charge in [-0.05, 0) is 24.5 Å². The van der Waals surface area contributed by atoms with Gasteiger partial charge in [0.05, 0.1) is 13.3 Å². The maximum atomic E-state index is 5.36. The number of aryl methyl sites for hydroxylation is 2. The number of methoxy groups -OCH3 is 1. The number of nitrogens with zero attached hydrogens (tertiary/aromatic N) is 3. The molecule has 3 aromatic rings. The number of para-hydroxylation sites is 1. The molecule has 0 saturated carbocycles. The summed E-state index contributed by atoms with van der Waals surface area (Å²) in [5, 5.41) is 14.1. The van der Waals surface area contributed by atoms with Gasteiger partial charge in [-0.15, -0.1) is 0 Å². The van der Waals surface area contributed by atoms with Gasteiger partial charge < -0.3 is 4.74 Å². The molecule has 0 aliphatic rings. The molecule has 3 rings (SSSR count). The molecule has 2 heterocycles. The fourth-order valence-corrected chi connectivity index (χ4v) is 2.42. The molecule has 1 aromatic carbocycles. The lowest BCUT2D eigenvalue weighted by molar-refractivity contribution is 0.410. The van der Waals surface area contributed by atoms with Gasteiger partial charge in [0.1, 0.15) is 11.6 Å². The van der Waals surface area contributed by atoms with Crippen molar-refractivity contribution in [3.8, 4) is 5.75 Å². The van der Waals surface area contributed by atoms with Gasteiger partial charge in [0, 0.05) is 24.6 Å². The molecule has 114 valence electrons. The second-order valence-corrected chi connectivity index (χ2v) is 5.15. The summed E-state index contributed by atoms with van der Waals surface area (Å²) in [7, 11) is 1.68. The molecule has 0 unspecified atom stereocenters. The van der Waals surface area contributed by atoms with E-state index in [1.54, 1.807) is 7.11 Å². The number of hydrogen-bond acceptors (Lipinski definition) is 4. The third kappa shape index (κ3) is 3.52. The van der Waals surface area contributed by atoms with Crippen molar-refractivity contribution in [1.82, 2.24) is 25.4 Å². The Bertz CT molecular complexity index is 705. The number of H-pyrrole nitrogens is 2. The van der Waals surface area contributed by atoms with Gasteiger partial charge in [-0.3, -0.25) is 10.2 Å². The SMILES string of the molecule is COc1ccccc1Cc1nc(CCCc2cn[nH]c2)n[nH]1. The van der Waals surface area contributed by atoms with Crippen molar-refractivity contribution < 1.29 is 4.74 Å². The third-order valence-corrected chi connectivity index (χ3v) is 3.55. The van der Waals surface area contributed by atoms with E-state index in [4.69, 9.17) is 4.74 Å². The Hall–Kier alpha value is -2.63. The van der Waals surface area contributed by atoms with Crippen molar-refractivity contribution in [2.45, 2.75) is 25.7 Å². The van der Waals surface area contributed by atoms with Crippen LogP contribution in [0.2, 0.25) is 0 Å². The summed E-state index contributed by atoms with van der Waals surface area (Å²) < 4.78 is 5.36. The predicted octanol–water partition coefficient (Wildman–Crippen LogP) is 2.30. The van der Waals surface area contributed by atoms with E-state index in [1.807, 2.05) is 36.7 Å². The van der Waals surface area contributed by atoms with Gasteiger partial charge in [-0.25, -0.2) is 4.98 Å². The molecule has 6 nitrogen and oxygen atoms in total. The van der Waals surface area contributed by atoms with Crippen LogP contribution >= 0.6 is 0 Å². The molecular formula is C16H19N5O. The molecule has 2 aromatic heterocycles. The molecule has 0 aliphatic carbocycles. The van der Waals surface area contributed by atoms with E-state index in [9.17, 15) is 0 Å². The van der Waals surface area contributed by atoms with E-state index in [1.165, 1.54) is 5.56 Å². The summed E-state index contributed by atoms with van der Waals surface area (Å²) in [4.78, 5) is 4.55. The van der Waals surface area contributed by atoms with Gasteiger partial charge in [0.2, 0.25) is 0 Å². The highest BCUT2D eigenvalue weighted by Gasteiger charge is 2.08. The average Bonchev–Trinajstić information content (AvgIpc) is 3.20. The Morgan fingerprint density at radius 2 is 2.09 bits per heavy atom. The molecule has 0 radical (unpaired) electrons. The minimum Gasteiger partial charge on any atom is -0.496 e. The van der Waals surface area contributed by atoms with Crippen LogP contribution in [-0.2, 0) is 19.3 Å². The van der Waals surface area contributed by atoms with Gasteiger partial charge >= 0.3 is 0 Å². The minimum atomic E-state index is 0.693. The van der Waals surface area contributed by atoms with E-state index in [-0.39, 0.29) is 0 Å². The van der Waals surface area contributed by atoms with Crippen LogP contribution in [0.1, 0.15) is 29.2 Å². The maximum absolute atomic E-state index is 5.36. The Labute approximate surface area is 128 Å². The molecule has 0 saturated heterocycles. The fraction of sp³-hybridized carbons (Fsp3) is 0.312. The molecule has 0 bridgehead atoms. The van der Waals surface area contributed by atoms with Crippen molar-refractivity contribution >= 4 is 0 Å². The maximum Gasteiger partial charge on any atom is 0.150 e. The lowest BCUT2D eigenvalue weighted by atomic mass is 10.1. The van der Waals surface area contributed by atoms with Crippen LogP contribution < -0.4 is 4.74 Å². The predicted molar refractivity (Wildman–Crippen MR) is 82.8 cm³/mol. The Morgan fingerprint density at radius 1 is 1.18 bits per heavy atom. The zero-order chi connectivity index (χ0) is 15.2. The second kappa shape index (κ2) is 6.89. The molecule has 0 amide bonds. The monoisotopic (exact) mass is 297 g/mol. The molecular weight excluding hydrogens is 278 g/mol. The van der Waals surface area contributed by atoms with Crippen LogP contribution in [-0.4, -0.2) is 32.5 Å². The van der Waals surface area contributed by atoms with Crippen molar-refractivity contribution in [1.29, 1.82) is 0 Å². The van der Waals surface area contributed by atoms with Gasteiger partial charge in [0.15, 0.2) is 5.82 Å². The molecule has 22 heavy (non-hydrogen) atoms. The Morgan fingerprint density at radius 3 is 2.91 bits per heavy atom. The normalized spacial score (nSPS) is 10.8. The van der Waals surface area contributed by atoms with E-state index in [2.05, 4.69) is 25.4 Å². The Kier molecular flexibility index (Phi) is 4.48. The molecule has 0 spiro atoms. The number of rotatable bonds is 7. The third-order valence-electron chi connectivity index (χ3n) is 3.55. The molecule has 0 aliphatic heterocycles. The molecule has 0 atom stereocenters. The number of aromatic nitrogens is 5. The molecule has 0 fully saturated rings. The highest BCUT2D eigenvalue weighted by molar-refractivity contribution is 5.35. The first-order valence-corrected chi connectivity index (χ1v) is 7.35. The standard InChI is InChI=1S/C16H19N5O/c1-22-14-7-3-2-6-13(14)9-16-19-15(20-21-16)8-4-5-12-10-17-18-11-12/h2-3,6-7,10-11H,4-5,8-9H2,1H3,(H,17,18)(H,19,20,21). The van der Waals surface area contributed by atoms with Crippen molar-refractivity contribution in [3.63, 3.8) is 0 Å². The van der Waals surface area contributed by atoms with Crippen molar-refractivity contribution in [2.75, 3.05) is 7.11 Å². The number of hydrogen-bond donors (Lipinski definition) is 2. The van der Waals surface area contributed by atoms with Gasteiger partial charge in [0.25, 0.3) is 0 Å². The molecule has 2 N–H and O–H groups in total. The van der Waals surface area contributed by atoms with E-state index in [0.717, 1.165) is 42.2 Å². The van der Waals surface area contributed by atoms with E-state index in [0.29, 0.717) is 6.42 Å². The largest absolute Gasteiger partial charge is 0.496 e. The molecule has 6 heteroatoms. The number of benzene rings is 1. The summed E-state index contributed by atoms with van der Waals surface area (Å²) in [5.41, 5.74) is 2.32. The van der Waals surface area contributed by atoms with Crippen LogP contribution in [0.25, 0.3) is 0 Å². The summed E-state index contributed by atoms with van der Waals surface area (Å²) >= 11 is 0. The van der Waals surface area contributed by atoms with Crippen molar-refractivity contribution in [3.05, 3.63) is 59.4 Å². The van der Waals surface area contributed by atoms with Crippen LogP contribution in [0.5, 0.6) is 5.75 Å². The first-order valence-electron chi connectivity index (χ1n) is 7.35. The lowest BCUT2D eigenvalue weighted by Gasteiger charge is -2.05. The highest BCUT2D eigenvalue weighted by atomic mass is 16.5.